The third-order valence-electron chi connectivity index (χ3n) is 4.40. The van der Waals surface area contributed by atoms with E-state index in [0.29, 0.717) is 24.7 Å². The Morgan fingerprint density at radius 1 is 1.35 bits per heavy atom. The van der Waals surface area contributed by atoms with Crippen LogP contribution in [0.5, 0.6) is 0 Å². The van der Waals surface area contributed by atoms with Crippen molar-refractivity contribution in [3.8, 4) is 0 Å². The van der Waals surface area contributed by atoms with Gasteiger partial charge in [-0.25, -0.2) is 0 Å². The lowest BCUT2D eigenvalue weighted by atomic mass is 10.1. The van der Waals surface area contributed by atoms with E-state index < -0.39 is 0 Å². The number of amides is 2. The molecule has 2 heterocycles. The second-order valence-corrected chi connectivity index (χ2v) is 7.31. The average molecular weight is 374 g/mol. The zero-order chi connectivity index (χ0) is 18.7. The van der Waals surface area contributed by atoms with Gasteiger partial charge >= 0.3 is 0 Å². The van der Waals surface area contributed by atoms with E-state index in [0.717, 1.165) is 16.3 Å². The van der Waals surface area contributed by atoms with E-state index >= 15 is 0 Å². The van der Waals surface area contributed by atoms with Crippen molar-refractivity contribution in [1.29, 1.82) is 0 Å². The summed E-state index contributed by atoms with van der Waals surface area (Å²) in [7, 11) is 0. The van der Waals surface area contributed by atoms with Gasteiger partial charge in [-0.15, -0.1) is 10.2 Å². The van der Waals surface area contributed by atoms with Crippen molar-refractivity contribution in [2.24, 2.45) is 0 Å². The van der Waals surface area contributed by atoms with Gasteiger partial charge in [-0.3, -0.25) is 14.9 Å². The Labute approximate surface area is 156 Å². The van der Waals surface area contributed by atoms with E-state index in [1.807, 2.05) is 32.0 Å². The molecular formula is C18H22N4O3S. The molecule has 8 heteroatoms. The first-order chi connectivity index (χ1) is 12.5. The highest BCUT2D eigenvalue weighted by Crippen LogP contribution is 2.34. The average Bonchev–Trinajstić information content (AvgIpc) is 3.22. The Bertz CT molecular complexity index is 821. The zero-order valence-corrected chi connectivity index (χ0v) is 15.9. The first-order valence-corrected chi connectivity index (χ1v) is 9.38. The van der Waals surface area contributed by atoms with Gasteiger partial charge in [-0.1, -0.05) is 17.4 Å². The Morgan fingerprint density at radius 2 is 2.15 bits per heavy atom. The highest BCUT2D eigenvalue weighted by Gasteiger charge is 2.34. The second-order valence-electron chi connectivity index (χ2n) is 6.30. The largest absolute Gasteiger partial charge is 0.372 e. The Balaban J connectivity index is 1.67. The zero-order valence-electron chi connectivity index (χ0n) is 15.1. The highest BCUT2D eigenvalue weighted by molar-refractivity contribution is 7.15. The van der Waals surface area contributed by atoms with Crippen LogP contribution >= 0.6 is 11.3 Å². The molecule has 26 heavy (non-hydrogen) atoms. The molecule has 1 saturated heterocycles. The van der Waals surface area contributed by atoms with Crippen molar-refractivity contribution in [2.45, 2.75) is 33.1 Å². The number of nitrogens with zero attached hydrogens (tertiary/aromatic N) is 3. The second kappa shape index (κ2) is 7.92. The molecule has 1 fully saturated rings. The molecule has 7 nitrogen and oxygen atoms in total. The van der Waals surface area contributed by atoms with Gasteiger partial charge in [0.1, 0.15) is 11.6 Å². The van der Waals surface area contributed by atoms with Crippen LogP contribution in [-0.2, 0) is 14.3 Å². The van der Waals surface area contributed by atoms with Crippen molar-refractivity contribution in [2.75, 3.05) is 30.0 Å². The summed E-state index contributed by atoms with van der Waals surface area (Å²) in [6, 6.07) is 6.04. The molecule has 3 rings (SSSR count). The number of anilines is 2. The number of carbonyl (C=O) groups excluding carboxylic acids is 2. The van der Waals surface area contributed by atoms with Crippen molar-refractivity contribution in [1.82, 2.24) is 10.2 Å². The minimum Gasteiger partial charge on any atom is -0.372 e. The lowest BCUT2D eigenvalue weighted by Gasteiger charge is -2.17. The fourth-order valence-electron chi connectivity index (χ4n) is 2.82. The molecule has 1 unspecified atom stereocenters. The van der Waals surface area contributed by atoms with Crippen LogP contribution in [0.3, 0.4) is 0 Å². The number of benzene rings is 1. The monoisotopic (exact) mass is 374 g/mol. The van der Waals surface area contributed by atoms with Crippen molar-refractivity contribution in [3.63, 3.8) is 0 Å². The van der Waals surface area contributed by atoms with E-state index in [9.17, 15) is 9.59 Å². The molecule has 0 bridgehead atoms. The molecule has 1 aliphatic heterocycles. The molecule has 0 aliphatic carbocycles. The van der Waals surface area contributed by atoms with Crippen LogP contribution < -0.4 is 10.2 Å². The molecule has 0 saturated carbocycles. The summed E-state index contributed by atoms with van der Waals surface area (Å²) in [6.07, 6.45) is 0.397. The summed E-state index contributed by atoms with van der Waals surface area (Å²) in [5, 5.41) is 12.0. The third kappa shape index (κ3) is 4.08. The number of hydrogen-bond donors (Lipinski definition) is 1. The molecule has 2 aromatic rings. The number of nitrogens with one attached hydrogen (secondary N) is 1. The normalized spacial score (nSPS) is 17.0. The molecule has 0 spiro atoms. The standard InChI is InChI=1S/C18H22N4O3S/c1-4-25-10-15(23)19-18-21-20-17(26-18)13-8-16(24)22(9-13)14-6-5-11(2)12(3)7-14/h5-7,13H,4,8-10H2,1-3H3,(H,19,21,23). The molecule has 138 valence electrons. The molecule has 0 radical (unpaired) electrons. The Kier molecular flexibility index (Phi) is 5.63. The highest BCUT2D eigenvalue weighted by atomic mass is 32.1. The number of rotatable bonds is 6. The maximum absolute atomic E-state index is 12.5. The lowest BCUT2D eigenvalue weighted by Crippen LogP contribution is -2.24. The van der Waals surface area contributed by atoms with Gasteiger partial charge < -0.3 is 9.64 Å². The molecule has 1 aromatic carbocycles. The Morgan fingerprint density at radius 3 is 2.88 bits per heavy atom. The number of ether oxygens (including phenoxy) is 1. The maximum atomic E-state index is 12.5. The van der Waals surface area contributed by atoms with Gasteiger partial charge in [0, 0.05) is 31.2 Å². The smallest absolute Gasteiger partial charge is 0.252 e. The van der Waals surface area contributed by atoms with Crippen LogP contribution in [0.15, 0.2) is 18.2 Å². The summed E-state index contributed by atoms with van der Waals surface area (Å²) in [5.41, 5.74) is 3.28. The molecular weight excluding hydrogens is 352 g/mol. The van der Waals surface area contributed by atoms with Gasteiger partial charge in [-0.2, -0.15) is 0 Å². The maximum Gasteiger partial charge on any atom is 0.252 e. The van der Waals surface area contributed by atoms with E-state index in [2.05, 4.69) is 22.4 Å². The summed E-state index contributed by atoms with van der Waals surface area (Å²) < 4.78 is 5.06. The van der Waals surface area contributed by atoms with Crippen LogP contribution in [-0.4, -0.2) is 41.8 Å². The van der Waals surface area contributed by atoms with Gasteiger partial charge in [0.05, 0.1) is 0 Å². The van der Waals surface area contributed by atoms with Gasteiger partial charge in [0.15, 0.2) is 0 Å². The van der Waals surface area contributed by atoms with E-state index in [1.165, 1.54) is 16.9 Å². The van der Waals surface area contributed by atoms with Crippen molar-refractivity contribution < 1.29 is 14.3 Å². The fourth-order valence-corrected chi connectivity index (χ4v) is 3.67. The minimum absolute atomic E-state index is 0.00607. The number of hydrogen-bond acceptors (Lipinski definition) is 6. The third-order valence-corrected chi connectivity index (χ3v) is 5.40. The van der Waals surface area contributed by atoms with Crippen LogP contribution in [0, 0.1) is 13.8 Å². The topological polar surface area (TPSA) is 84.4 Å². The van der Waals surface area contributed by atoms with Crippen LogP contribution in [0.1, 0.15) is 35.4 Å². The molecule has 1 atom stereocenters. The predicted octanol–water partition coefficient (Wildman–Crippen LogP) is 2.65. The summed E-state index contributed by atoms with van der Waals surface area (Å²) in [6.45, 7) is 6.97. The first kappa shape index (κ1) is 18.5. The molecule has 1 aliphatic rings. The van der Waals surface area contributed by atoms with Crippen molar-refractivity contribution >= 4 is 34.0 Å². The van der Waals surface area contributed by atoms with Gasteiger partial charge in [0.2, 0.25) is 11.0 Å². The van der Waals surface area contributed by atoms with E-state index in [1.54, 1.807) is 4.90 Å². The molecule has 1 N–H and O–H groups in total. The number of carbonyl (C=O) groups is 2. The van der Waals surface area contributed by atoms with Gasteiger partial charge in [-0.05, 0) is 44.0 Å². The van der Waals surface area contributed by atoms with E-state index in [4.69, 9.17) is 4.74 Å². The van der Waals surface area contributed by atoms with Crippen LogP contribution in [0.4, 0.5) is 10.8 Å². The van der Waals surface area contributed by atoms with E-state index in [-0.39, 0.29) is 24.3 Å². The van der Waals surface area contributed by atoms with Crippen molar-refractivity contribution in [3.05, 3.63) is 34.3 Å². The number of aryl methyl sites for hydroxylation is 2. The SMILES string of the molecule is CCOCC(=O)Nc1nnc(C2CC(=O)N(c3ccc(C)c(C)c3)C2)s1. The fraction of sp³-hybridized carbons (Fsp3) is 0.444. The van der Waals surface area contributed by atoms with Crippen LogP contribution in [0.25, 0.3) is 0 Å². The Hall–Kier alpha value is -2.32. The summed E-state index contributed by atoms with van der Waals surface area (Å²) in [4.78, 5) is 25.9. The summed E-state index contributed by atoms with van der Waals surface area (Å²) in [5.74, 6) is -0.191. The number of aromatic nitrogens is 2. The van der Waals surface area contributed by atoms with Crippen LogP contribution in [0.2, 0.25) is 0 Å². The quantitative estimate of drug-likeness (QED) is 0.840. The molecule has 1 aromatic heterocycles. The predicted molar refractivity (Wildman–Crippen MR) is 101 cm³/mol. The minimum atomic E-state index is -0.256. The van der Waals surface area contributed by atoms with Gasteiger partial charge in [0.25, 0.3) is 5.91 Å². The lowest BCUT2D eigenvalue weighted by molar-refractivity contribution is -0.120. The molecule has 2 amide bonds. The summed E-state index contributed by atoms with van der Waals surface area (Å²) >= 11 is 1.31. The first-order valence-electron chi connectivity index (χ1n) is 8.56.